The van der Waals surface area contributed by atoms with Gasteiger partial charge in [-0.25, -0.2) is 0 Å². The third-order valence-corrected chi connectivity index (χ3v) is 5.39. The first-order valence-electron chi connectivity index (χ1n) is 8.60. The summed E-state index contributed by atoms with van der Waals surface area (Å²) >= 11 is 0. The highest BCUT2D eigenvalue weighted by Crippen LogP contribution is 2.32. The van der Waals surface area contributed by atoms with Crippen molar-refractivity contribution in [1.29, 1.82) is 0 Å². The molecule has 0 bridgehead atoms. The zero-order valence-electron chi connectivity index (χ0n) is 14.0. The third kappa shape index (κ3) is 3.96. The van der Waals surface area contributed by atoms with E-state index < -0.39 is 0 Å². The Morgan fingerprint density at radius 3 is 2.85 bits per heavy atom. The molecule has 0 amide bonds. The first-order valence-corrected chi connectivity index (χ1v) is 8.60. The van der Waals surface area contributed by atoms with Gasteiger partial charge in [-0.2, -0.15) is 0 Å². The molecule has 0 radical (unpaired) electrons. The number of hydrogen-bond acceptors (Lipinski definition) is 3. The summed E-state index contributed by atoms with van der Waals surface area (Å²) in [5, 5.41) is 3.80. The van der Waals surface area contributed by atoms with E-state index >= 15 is 0 Å². The summed E-state index contributed by atoms with van der Waals surface area (Å²) < 4.78 is 5.78. The molecule has 2 fully saturated rings. The van der Waals surface area contributed by atoms with Gasteiger partial charge >= 0.3 is 0 Å². The van der Waals surface area contributed by atoms with Crippen LogP contribution in [0.5, 0.6) is 0 Å². The summed E-state index contributed by atoms with van der Waals surface area (Å²) in [6.07, 6.45) is 7.78. The Balaban J connectivity index is 2.01. The number of nitrogens with zero attached hydrogens (tertiary/aromatic N) is 1. The molecule has 2 aliphatic rings. The van der Waals surface area contributed by atoms with Gasteiger partial charge in [-0.3, -0.25) is 4.90 Å². The Bertz CT molecular complexity index is 295. The monoisotopic (exact) mass is 282 g/mol. The average Bonchev–Trinajstić information content (AvgIpc) is 2.46. The normalized spacial score (nSPS) is 39.9. The van der Waals surface area contributed by atoms with E-state index in [9.17, 15) is 0 Å². The zero-order chi connectivity index (χ0) is 14.6. The van der Waals surface area contributed by atoms with Crippen LogP contribution in [0.2, 0.25) is 0 Å². The quantitative estimate of drug-likeness (QED) is 0.839. The van der Waals surface area contributed by atoms with Crippen LogP contribution in [-0.4, -0.2) is 49.3 Å². The van der Waals surface area contributed by atoms with Crippen LogP contribution in [0.3, 0.4) is 0 Å². The molecule has 1 aliphatic heterocycles. The second-order valence-corrected chi connectivity index (χ2v) is 7.27. The third-order valence-electron chi connectivity index (χ3n) is 5.39. The lowest BCUT2D eigenvalue weighted by atomic mass is 9.80. The highest BCUT2D eigenvalue weighted by molar-refractivity contribution is 4.95. The van der Waals surface area contributed by atoms with Crippen molar-refractivity contribution >= 4 is 0 Å². The van der Waals surface area contributed by atoms with Crippen LogP contribution in [0, 0.1) is 5.92 Å². The minimum atomic E-state index is 0.0637. The van der Waals surface area contributed by atoms with Gasteiger partial charge in [0, 0.05) is 25.7 Å². The molecule has 0 aromatic rings. The number of methoxy groups -OCH3 is 1. The fourth-order valence-electron chi connectivity index (χ4n) is 4.02. The predicted octanol–water partition coefficient (Wildman–Crippen LogP) is 3.04. The molecular weight excluding hydrogens is 248 g/mol. The molecule has 118 valence electrons. The summed E-state index contributed by atoms with van der Waals surface area (Å²) in [4.78, 5) is 2.72. The fraction of sp³-hybridized carbons (Fsp3) is 1.00. The molecule has 0 spiro atoms. The van der Waals surface area contributed by atoms with Crippen molar-refractivity contribution in [2.45, 2.75) is 77.0 Å². The van der Waals surface area contributed by atoms with Gasteiger partial charge in [0.25, 0.3) is 0 Å². The number of rotatable bonds is 5. The molecule has 0 aromatic carbocycles. The summed E-state index contributed by atoms with van der Waals surface area (Å²) in [6, 6.07) is 1.39. The van der Waals surface area contributed by atoms with Crippen molar-refractivity contribution < 1.29 is 4.74 Å². The zero-order valence-corrected chi connectivity index (χ0v) is 14.0. The summed E-state index contributed by atoms with van der Waals surface area (Å²) in [5.41, 5.74) is 0.0637. The molecule has 1 aliphatic carbocycles. The van der Waals surface area contributed by atoms with E-state index in [1.807, 2.05) is 7.11 Å². The van der Waals surface area contributed by atoms with Gasteiger partial charge in [-0.15, -0.1) is 0 Å². The lowest BCUT2D eigenvalue weighted by Crippen LogP contribution is -2.58. The molecule has 1 heterocycles. The molecule has 20 heavy (non-hydrogen) atoms. The van der Waals surface area contributed by atoms with Crippen LogP contribution in [-0.2, 0) is 4.74 Å². The van der Waals surface area contributed by atoms with Gasteiger partial charge in [0.05, 0.1) is 5.60 Å². The predicted molar refractivity (Wildman–Crippen MR) is 85.1 cm³/mol. The van der Waals surface area contributed by atoms with E-state index in [4.69, 9.17) is 4.74 Å². The van der Waals surface area contributed by atoms with Gasteiger partial charge < -0.3 is 10.1 Å². The maximum Gasteiger partial charge on any atom is 0.0777 e. The highest BCUT2D eigenvalue weighted by Gasteiger charge is 2.38. The molecule has 4 atom stereocenters. The van der Waals surface area contributed by atoms with Gasteiger partial charge in [0.2, 0.25) is 0 Å². The Labute approximate surface area is 125 Å². The van der Waals surface area contributed by atoms with Crippen LogP contribution < -0.4 is 5.32 Å². The fourth-order valence-corrected chi connectivity index (χ4v) is 4.02. The number of nitrogens with one attached hydrogen (secondary N) is 1. The molecule has 3 nitrogen and oxygen atoms in total. The molecule has 0 aromatic heterocycles. The van der Waals surface area contributed by atoms with Gasteiger partial charge in [0.1, 0.15) is 0 Å². The van der Waals surface area contributed by atoms with E-state index in [0.717, 1.165) is 19.0 Å². The number of piperidine rings is 1. The van der Waals surface area contributed by atoms with E-state index in [-0.39, 0.29) is 5.60 Å². The van der Waals surface area contributed by atoms with Crippen LogP contribution in [0.1, 0.15) is 59.3 Å². The maximum atomic E-state index is 5.78. The number of ether oxygens (including phenoxy) is 1. The van der Waals surface area contributed by atoms with E-state index in [2.05, 4.69) is 31.0 Å². The SMILES string of the molecule is CCCNC1CCC(C)CC1N1CCCC(C)(OC)C1. The van der Waals surface area contributed by atoms with Crippen molar-refractivity contribution in [2.75, 3.05) is 26.7 Å². The number of likely N-dealkylation sites (tertiary alicyclic amines) is 1. The standard InChI is InChI=1S/C17H34N2O/c1-5-10-18-15-8-7-14(2)12-16(15)19-11-6-9-17(3,13-19)20-4/h14-16,18H,5-13H2,1-4H3. The smallest absolute Gasteiger partial charge is 0.0777 e. The van der Waals surface area contributed by atoms with E-state index in [1.165, 1.54) is 45.1 Å². The van der Waals surface area contributed by atoms with Crippen molar-refractivity contribution in [1.82, 2.24) is 10.2 Å². The van der Waals surface area contributed by atoms with E-state index in [0.29, 0.717) is 12.1 Å². The highest BCUT2D eigenvalue weighted by atomic mass is 16.5. The van der Waals surface area contributed by atoms with Crippen LogP contribution in [0.15, 0.2) is 0 Å². The average molecular weight is 282 g/mol. The second kappa shape index (κ2) is 7.24. The molecule has 1 saturated carbocycles. The van der Waals surface area contributed by atoms with Gasteiger partial charge in [-0.05, 0) is 64.5 Å². The Morgan fingerprint density at radius 2 is 2.15 bits per heavy atom. The topological polar surface area (TPSA) is 24.5 Å². The molecule has 1 N–H and O–H groups in total. The largest absolute Gasteiger partial charge is 0.377 e. The molecule has 1 saturated heterocycles. The number of hydrogen-bond donors (Lipinski definition) is 1. The van der Waals surface area contributed by atoms with Crippen molar-refractivity contribution in [3.8, 4) is 0 Å². The second-order valence-electron chi connectivity index (χ2n) is 7.27. The van der Waals surface area contributed by atoms with Gasteiger partial charge in [0.15, 0.2) is 0 Å². The Kier molecular flexibility index (Phi) is 5.88. The Morgan fingerprint density at radius 1 is 1.35 bits per heavy atom. The van der Waals surface area contributed by atoms with Crippen LogP contribution in [0.4, 0.5) is 0 Å². The summed E-state index contributed by atoms with van der Waals surface area (Å²) in [7, 11) is 1.87. The minimum absolute atomic E-state index is 0.0637. The van der Waals surface area contributed by atoms with Crippen LogP contribution >= 0.6 is 0 Å². The molecule has 3 heteroatoms. The molecule has 2 rings (SSSR count). The van der Waals surface area contributed by atoms with Crippen molar-refractivity contribution in [3.63, 3.8) is 0 Å². The van der Waals surface area contributed by atoms with Gasteiger partial charge in [-0.1, -0.05) is 13.8 Å². The first kappa shape index (κ1) is 16.3. The van der Waals surface area contributed by atoms with Crippen molar-refractivity contribution in [3.05, 3.63) is 0 Å². The summed E-state index contributed by atoms with van der Waals surface area (Å²) in [6.45, 7) is 10.5. The lowest BCUT2D eigenvalue weighted by molar-refractivity contribution is -0.0705. The van der Waals surface area contributed by atoms with E-state index in [1.54, 1.807) is 0 Å². The van der Waals surface area contributed by atoms with Crippen molar-refractivity contribution in [2.24, 2.45) is 5.92 Å². The summed E-state index contributed by atoms with van der Waals surface area (Å²) in [5.74, 6) is 0.871. The van der Waals surface area contributed by atoms with Crippen LogP contribution in [0.25, 0.3) is 0 Å². The minimum Gasteiger partial charge on any atom is -0.377 e. The first-order chi connectivity index (χ1) is 9.58. The maximum absolute atomic E-state index is 5.78. The molecular formula is C17H34N2O. The molecule has 4 unspecified atom stereocenters. The lowest BCUT2D eigenvalue weighted by Gasteiger charge is -2.48. The Hall–Kier alpha value is -0.120.